The van der Waals surface area contributed by atoms with Crippen LogP contribution in [0.15, 0.2) is 42.5 Å². The minimum atomic E-state index is -0.216. The van der Waals surface area contributed by atoms with E-state index in [0.717, 1.165) is 11.1 Å². The van der Waals surface area contributed by atoms with E-state index in [0.29, 0.717) is 16.3 Å². The SMILES string of the molecule is Cc1ccc(C)c(C(=O)CCC(=O)Nc2ccccc2Cl)c1. The fraction of sp³-hybridized carbons (Fsp3) is 0.222. The summed E-state index contributed by atoms with van der Waals surface area (Å²) in [7, 11) is 0. The maximum Gasteiger partial charge on any atom is 0.224 e. The second kappa shape index (κ2) is 7.23. The average molecular weight is 316 g/mol. The van der Waals surface area contributed by atoms with Crippen LogP contribution in [0.1, 0.15) is 34.3 Å². The van der Waals surface area contributed by atoms with Crippen molar-refractivity contribution >= 4 is 29.0 Å². The number of carbonyl (C=O) groups is 2. The molecule has 114 valence electrons. The van der Waals surface area contributed by atoms with Gasteiger partial charge in [-0.1, -0.05) is 41.4 Å². The number of para-hydroxylation sites is 1. The van der Waals surface area contributed by atoms with Gasteiger partial charge in [-0.3, -0.25) is 9.59 Å². The molecule has 0 heterocycles. The topological polar surface area (TPSA) is 46.2 Å². The lowest BCUT2D eigenvalue weighted by molar-refractivity contribution is -0.116. The quantitative estimate of drug-likeness (QED) is 0.822. The summed E-state index contributed by atoms with van der Waals surface area (Å²) in [5, 5.41) is 3.20. The van der Waals surface area contributed by atoms with E-state index in [9.17, 15) is 9.59 Å². The van der Waals surface area contributed by atoms with Crippen LogP contribution in [0.5, 0.6) is 0 Å². The fourth-order valence-corrected chi connectivity index (χ4v) is 2.36. The van der Waals surface area contributed by atoms with E-state index in [1.165, 1.54) is 0 Å². The van der Waals surface area contributed by atoms with Crippen molar-refractivity contribution in [1.82, 2.24) is 0 Å². The average Bonchev–Trinajstić information content (AvgIpc) is 2.49. The normalized spacial score (nSPS) is 10.3. The Bertz CT molecular complexity index is 710. The number of hydrogen-bond acceptors (Lipinski definition) is 2. The minimum Gasteiger partial charge on any atom is -0.325 e. The predicted octanol–water partition coefficient (Wildman–Crippen LogP) is 4.56. The second-order valence-corrected chi connectivity index (χ2v) is 5.68. The Morgan fingerprint density at radius 3 is 2.50 bits per heavy atom. The first-order chi connectivity index (χ1) is 10.5. The molecule has 0 aliphatic carbocycles. The molecule has 0 atom stereocenters. The molecule has 0 aliphatic heterocycles. The van der Waals surface area contributed by atoms with Crippen LogP contribution in [-0.4, -0.2) is 11.7 Å². The number of halogens is 1. The summed E-state index contributed by atoms with van der Waals surface area (Å²) in [6.45, 7) is 3.84. The van der Waals surface area contributed by atoms with Crippen molar-refractivity contribution in [3.63, 3.8) is 0 Å². The van der Waals surface area contributed by atoms with E-state index in [1.54, 1.807) is 24.3 Å². The van der Waals surface area contributed by atoms with E-state index < -0.39 is 0 Å². The van der Waals surface area contributed by atoms with Crippen LogP contribution in [0.3, 0.4) is 0 Å². The van der Waals surface area contributed by atoms with Gasteiger partial charge in [0, 0.05) is 18.4 Å². The van der Waals surface area contributed by atoms with Crippen LogP contribution >= 0.6 is 11.6 Å². The third kappa shape index (κ3) is 4.18. The fourth-order valence-electron chi connectivity index (χ4n) is 2.17. The number of Topliss-reactive ketones (excluding diaryl/α,β-unsaturated/α-hetero) is 1. The lowest BCUT2D eigenvalue weighted by Gasteiger charge is -2.08. The predicted molar refractivity (Wildman–Crippen MR) is 89.6 cm³/mol. The summed E-state index contributed by atoms with van der Waals surface area (Å²) in [4.78, 5) is 24.2. The van der Waals surface area contributed by atoms with Gasteiger partial charge in [0.15, 0.2) is 5.78 Å². The standard InChI is InChI=1S/C18H18ClNO2/c1-12-7-8-13(2)14(11-12)17(21)9-10-18(22)20-16-6-4-3-5-15(16)19/h3-8,11H,9-10H2,1-2H3,(H,20,22). The Morgan fingerprint density at radius 1 is 1.05 bits per heavy atom. The molecule has 1 N–H and O–H groups in total. The Hall–Kier alpha value is -2.13. The summed E-state index contributed by atoms with van der Waals surface area (Å²) in [5.41, 5.74) is 3.22. The highest BCUT2D eigenvalue weighted by Gasteiger charge is 2.12. The molecule has 0 aromatic heterocycles. The van der Waals surface area contributed by atoms with Gasteiger partial charge in [-0.25, -0.2) is 0 Å². The van der Waals surface area contributed by atoms with Crippen molar-refractivity contribution < 1.29 is 9.59 Å². The van der Waals surface area contributed by atoms with E-state index in [1.807, 2.05) is 32.0 Å². The Balaban J connectivity index is 1.95. The first-order valence-electron chi connectivity index (χ1n) is 7.12. The van der Waals surface area contributed by atoms with Crippen molar-refractivity contribution in [1.29, 1.82) is 0 Å². The highest BCUT2D eigenvalue weighted by Crippen LogP contribution is 2.21. The molecule has 3 nitrogen and oxygen atoms in total. The molecule has 0 radical (unpaired) electrons. The lowest BCUT2D eigenvalue weighted by Crippen LogP contribution is -2.14. The number of carbonyl (C=O) groups excluding carboxylic acids is 2. The smallest absolute Gasteiger partial charge is 0.224 e. The highest BCUT2D eigenvalue weighted by molar-refractivity contribution is 6.33. The first-order valence-corrected chi connectivity index (χ1v) is 7.50. The molecule has 22 heavy (non-hydrogen) atoms. The number of hydrogen-bond donors (Lipinski definition) is 1. The monoisotopic (exact) mass is 315 g/mol. The van der Waals surface area contributed by atoms with E-state index in [2.05, 4.69) is 5.32 Å². The van der Waals surface area contributed by atoms with Crippen LogP contribution < -0.4 is 5.32 Å². The molecule has 0 fully saturated rings. The molecule has 4 heteroatoms. The zero-order chi connectivity index (χ0) is 16.1. The van der Waals surface area contributed by atoms with Gasteiger partial charge < -0.3 is 5.32 Å². The molecule has 0 spiro atoms. The van der Waals surface area contributed by atoms with Gasteiger partial charge >= 0.3 is 0 Å². The molecule has 1 amide bonds. The van der Waals surface area contributed by atoms with Crippen LogP contribution in [0.2, 0.25) is 5.02 Å². The van der Waals surface area contributed by atoms with E-state index in [4.69, 9.17) is 11.6 Å². The molecular formula is C18H18ClNO2. The number of aryl methyl sites for hydroxylation is 2. The van der Waals surface area contributed by atoms with Gasteiger partial charge in [-0.2, -0.15) is 0 Å². The van der Waals surface area contributed by atoms with Crippen LogP contribution in [0.25, 0.3) is 0 Å². The van der Waals surface area contributed by atoms with Crippen molar-refractivity contribution in [2.24, 2.45) is 0 Å². The first kappa shape index (κ1) is 16.2. The zero-order valence-electron chi connectivity index (χ0n) is 12.7. The summed E-state index contributed by atoms with van der Waals surface area (Å²) in [6.07, 6.45) is 0.317. The summed E-state index contributed by atoms with van der Waals surface area (Å²) in [5.74, 6) is -0.234. The van der Waals surface area contributed by atoms with Gasteiger partial charge in [-0.05, 0) is 37.6 Å². The number of nitrogens with one attached hydrogen (secondary N) is 1. The molecule has 0 unspecified atom stereocenters. The van der Waals surface area contributed by atoms with Gasteiger partial charge in [-0.15, -0.1) is 0 Å². The summed E-state index contributed by atoms with van der Waals surface area (Å²) >= 11 is 5.98. The van der Waals surface area contributed by atoms with Crippen molar-refractivity contribution in [3.8, 4) is 0 Å². The number of rotatable bonds is 5. The number of anilines is 1. The molecule has 0 aliphatic rings. The van der Waals surface area contributed by atoms with E-state index in [-0.39, 0.29) is 24.5 Å². The number of ketones is 1. The molecule has 0 bridgehead atoms. The summed E-state index contributed by atoms with van der Waals surface area (Å²) < 4.78 is 0. The van der Waals surface area contributed by atoms with Crippen LogP contribution in [-0.2, 0) is 4.79 Å². The van der Waals surface area contributed by atoms with Crippen LogP contribution in [0.4, 0.5) is 5.69 Å². The molecule has 0 saturated carbocycles. The number of amides is 1. The minimum absolute atomic E-state index is 0.0180. The van der Waals surface area contributed by atoms with Crippen molar-refractivity contribution in [2.75, 3.05) is 5.32 Å². The molecule has 2 aromatic carbocycles. The Labute approximate surface area is 135 Å². The van der Waals surface area contributed by atoms with Crippen LogP contribution in [0, 0.1) is 13.8 Å². The van der Waals surface area contributed by atoms with Gasteiger partial charge in [0.25, 0.3) is 0 Å². The highest BCUT2D eigenvalue weighted by atomic mass is 35.5. The Kier molecular flexibility index (Phi) is 5.34. The number of benzene rings is 2. The molecule has 2 rings (SSSR count). The lowest BCUT2D eigenvalue weighted by atomic mass is 9.99. The summed E-state index contributed by atoms with van der Waals surface area (Å²) in [6, 6.07) is 12.8. The van der Waals surface area contributed by atoms with Gasteiger partial charge in [0.1, 0.15) is 0 Å². The second-order valence-electron chi connectivity index (χ2n) is 5.27. The largest absolute Gasteiger partial charge is 0.325 e. The van der Waals surface area contributed by atoms with Crippen molar-refractivity contribution in [2.45, 2.75) is 26.7 Å². The molecule has 2 aromatic rings. The van der Waals surface area contributed by atoms with Gasteiger partial charge in [0.2, 0.25) is 5.91 Å². The Morgan fingerprint density at radius 2 is 1.77 bits per heavy atom. The third-order valence-corrected chi connectivity index (χ3v) is 3.75. The van der Waals surface area contributed by atoms with Crippen molar-refractivity contribution in [3.05, 3.63) is 64.2 Å². The van der Waals surface area contributed by atoms with Gasteiger partial charge in [0.05, 0.1) is 10.7 Å². The maximum atomic E-state index is 12.2. The third-order valence-electron chi connectivity index (χ3n) is 3.42. The zero-order valence-corrected chi connectivity index (χ0v) is 13.4. The van der Waals surface area contributed by atoms with E-state index >= 15 is 0 Å². The molecule has 0 saturated heterocycles. The maximum absolute atomic E-state index is 12.2. The molecular weight excluding hydrogens is 298 g/mol.